The van der Waals surface area contributed by atoms with Crippen molar-refractivity contribution in [1.82, 2.24) is 19.6 Å². The first-order valence-electron chi connectivity index (χ1n) is 9.71. The lowest BCUT2D eigenvalue weighted by atomic mass is 10.0. The summed E-state index contributed by atoms with van der Waals surface area (Å²) < 4.78 is 34.8. The Morgan fingerprint density at radius 2 is 1.94 bits per heavy atom. The number of benzene rings is 1. The number of hydrogen-bond acceptors (Lipinski definition) is 5. The van der Waals surface area contributed by atoms with Crippen molar-refractivity contribution in [2.24, 2.45) is 0 Å². The van der Waals surface area contributed by atoms with Gasteiger partial charge >= 0.3 is 6.01 Å². The summed E-state index contributed by atoms with van der Waals surface area (Å²) in [4.78, 5) is 21.1. The van der Waals surface area contributed by atoms with E-state index in [2.05, 4.69) is 20.4 Å². The van der Waals surface area contributed by atoms with Gasteiger partial charge in [-0.15, -0.1) is 0 Å². The number of nitrogens with zero attached hydrogens (tertiary/aromatic N) is 4. The Morgan fingerprint density at radius 1 is 1.16 bits per heavy atom. The molecule has 0 spiro atoms. The maximum absolute atomic E-state index is 14.6. The molecule has 1 amide bonds. The number of pyridine rings is 1. The fourth-order valence-corrected chi connectivity index (χ4v) is 3.20. The van der Waals surface area contributed by atoms with Crippen molar-refractivity contribution in [2.45, 2.75) is 25.9 Å². The number of carbonyl (C=O) groups excluding carboxylic acids is 1. The molecule has 31 heavy (non-hydrogen) atoms. The van der Waals surface area contributed by atoms with Crippen LogP contribution in [0.4, 0.5) is 14.5 Å². The maximum atomic E-state index is 14.6. The molecule has 0 bridgehead atoms. The first-order valence-corrected chi connectivity index (χ1v) is 9.71. The summed E-state index contributed by atoms with van der Waals surface area (Å²) >= 11 is 0. The van der Waals surface area contributed by atoms with E-state index in [1.807, 2.05) is 0 Å². The van der Waals surface area contributed by atoms with Gasteiger partial charge in [-0.05, 0) is 49.6 Å². The van der Waals surface area contributed by atoms with E-state index in [0.717, 1.165) is 12.8 Å². The van der Waals surface area contributed by atoms with Gasteiger partial charge in [0.25, 0.3) is 5.91 Å². The first-order chi connectivity index (χ1) is 15.0. The van der Waals surface area contributed by atoms with Crippen molar-refractivity contribution < 1.29 is 18.3 Å². The minimum absolute atomic E-state index is 0.167. The molecule has 1 saturated carbocycles. The quantitative estimate of drug-likeness (QED) is 0.523. The number of anilines is 1. The molecular weight excluding hydrogens is 404 g/mol. The number of amides is 1. The molecule has 5 rings (SSSR count). The van der Waals surface area contributed by atoms with Gasteiger partial charge in [-0.3, -0.25) is 4.79 Å². The molecule has 1 aliphatic rings. The highest BCUT2D eigenvalue weighted by Crippen LogP contribution is 2.30. The maximum Gasteiger partial charge on any atom is 0.316 e. The van der Waals surface area contributed by atoms with Gasteiger partial charge in [0.05, 0.1) is 23.5 Å². The minimum atomic E-state index is -0.461. The van der Waals surface area contributed by atoms with E-state index in [9.17, 15) is 13.6 Å². The highest BCUT2D eigenvalue weighted by molar-refractivity contribution is 6.09. The highest BCUT2D eigenvalue weighted by atomic mass is 19.1. The largest absolute Gasteiger partial charge is 0.460 e. The van der Waals surface area contributed by atoms with Crippen molar-refractivity contribution >= 4 is 17.1 Å². The normalized spacial score (nSPS) is 13.4. The van der Waals surface area contributed by atoms with Crippen LogP contribution in [-0.2, 0) is 0 Å². The summed E-state index contributed by atoms with van der Waals surface area (Å²) in [5.41, 5.74) is 2.42. The van der Waals surface area contributed by atoms with Gasteiger partial charge in [0.2, 0.25) is 0 Å². The molecule has 1 fully saturated rings. The number of aromatic nitrogens is 4. The lowest BCUT2D eigenvalue weighted by Gasteiger charge is -2.12. The van der Waals surface area contributed by atoms with E-state index >= 15 is 0 Å². The predicted molar refractivity (Wildman–Crippen MR) is 109 cm³/mol. The lowest BCUT2D eigenvalue weighted by Crippen LogP contribution is -2.13. The second-order valence-electron chi connectivity index (χ2n) is 7.41. The third-order valence-corrected chi connectivity index (χ3v) is 5.02. The van der Waals surface area contributed by atoms with E-state index in [1.54, 1.807) is 6.92 Å². The summed E-state index contributed by atoms with van der Waals surface area (Å²) in [6, 6.07) is 5.87. The van der Waals surface area contributed by atoms with E-state index < -0.39 is 17.5 Å². The van der Waals surface area contributed by atoms with Gasteiger partial charge in [0, 0.05) is 29.2 Å². The summed E-state index contributed by atoms with van der Waals surface area (Å²) in [5.74, 6) is -1.36. The monoisotopic (exact) mass is 421 g/mol. The molecule has 0 aliphatic heterocycles. The number of nitrogens with one attached hydrogen (secondary N) is 1. The number of hydrogen-bond donors (Lipinski definition) is 1. The van der Waals surface area contributed by atoms with Crippen LogP contribution in [0.2, 0.25) is 0 Å². The molecule has 0 unspecified atom stereocenters. The van der Waals surface area contributed by atoms with Crippen LogP contribution in [0, 0.1) is 18.6 Å². The summed E-state index contributed by atoms with van der Waals surface area (Å²) in [7, 11) is 0. The average molecular weight is 421 g/mol. The molecule has 4 aromatic rings. The van der Waals surface area contributed by atoms with Crippen LogP contribution in [0.5, 0.6) is 6.01 Å². The van der Waals surface area contributed by atoms with Crippen LogP contribution in [0.3, 0.4) is 0 Å². The van der Waals surface area contributed by atoms with Crippen LogP contribution in [-0.4, -0.2) is 31.6 Å². The Hall–Kier alpha value is -3.88. The van der Waals surface area contributed by atoms with Crippen LogP contribution in [0.25, 0.3) is 16.6 Å². The third kappa shape index (κ3) is 3.81. The second-order valence-corrected chi connectivity index (χ2v) is 7.41. The summed E-state index contributed by atoms with van der Waals surface area (Å²) in [6.07, 6.45) is 7.67. The van der Waals surface area contributed by atoms with Gasteiger partial charge in [0.15, 0.2) is 0 Å². The number of carbonyl (C=O) groups is 1. The molecule has 0 atom stereocenters. The zero-order valence-electron chi connectivity index (χ0n) is 16.5. The van der Waals surface area contributed by atoms with Gasteiger partial charge < -0.3 is 10.1 Å². The number of aryl methyl sites for hydroxylation is 1. The lowest BCUT2D eigenvalue weighted by molar-refractivity contribution is 0.102. The topological polar surface area (TPSA) is 81.4 Å². The van der Waals surface area contributed by atoms with Gasteiger partial charge in [-0.1, -0.05) is 0 Å². The summed E-state index contributed by atoms with van der Waals surface area (Å²) in [6.45, 7) is 1.69. The molecule has 0 radical (unpaired) electrons. The van der Waals surface area contributed by atoms with Crippen LogP contribution in [0.1, 0.15) is 28.8 Å². The standard InChI is InChI=1S/C22H17F2N5O2/c1-12-6-18(24)16(13-8-25-22(26-9-13)31-15-3-4-15)7-19(12)28-21(30)17-10-27-29-11-14(23)2-5-20(17)29/h2,5-11,15H,3-4H2,1H3,(H,28,30). The van der Waals surface area contributed by atoms with Crippen LogP contribution >= 0.6 is 0 Å². The van der Waals surface area contributed by atoms with Crippen LogP contribution in [0.15, 0.2) is 49.1 Å². The van der Waals surface area contributed by atoms with Crippen molar-refractivity contribution in [3.05, 3.63) is 71.8 Å². The minimum Gasteiger partial charge on any atom is -0.460 e. The highest BCUT2D eigenvalue weighted by Gasteiger charge is 2.24. The fraction of sp³-hybridized carbons (Fsp3) is 0.182. The van der Waals surface area contributed by atoms with Crippen LogP contribution < -0.4 is 10.1 Å². The van der Waals surface area contributed by atoms with E-state index in [-0.39, 0.29) is 23.2 Å². The number of rotatable bonds is 5. The molecule has 3 heterocycles. The Balaban J connectivity index is 1.43. The Bertz CT molecular complexity index is 1300. The third-order valence-electron chi connectivity index (χ3n) is 5.02. The molecular formula is C22H17F2N5O2. The second kappa shape index (κ2) is 7.42. The van der Waals surface area contributed by atoms with Gasteiger partial charge in [0.1, 0.15) is 17.7 Å². The van der Waals surface area contributed by atoms with Crippen molar-refractivity contribution in [3.63, 3.8) is 0 Å². The smallest absolute Gasteiger partial charge is 0.316 e. The number of halogens is 2. The molecule has 156 valence electrons. The Kier molecular flexibility index (Phi) is 4.58. The summed E-state index contributed by atoms with van der Waals surface area (Å²) in [5, 5.41) is 6.79. The molecule has 1 N–H and O–H groups in total. The first kappa shape index (κ1) is 19.1. The SMILES string of the molecule is Cc1cc(F)c(-c2cnc(OC3CC3)nc2)cc1NC(=O)c1cnn2cc(F)ccc12. The number of ether oxygens (including phenoxy) is 1. The Labute approximate surface area is 175 Å². The van der Waals surface area contributed by atoms with Crippen molar-refractivity contribution in [3.8, 4) is 17.1 Å². The van der Waals surface area contributed by atoms with Gasteiger partial charge in [-0.25, -0.2) is 23.3 Å². The van der Waals surface area contributed by atoms with Crippen molar-refractivity contribution in [2.75, 3.05) is 5.32 Å². The van der Waals surface area contributed by atoms with E-state index in [1.165, 1.54) is 53.6 Å². The van der Waals surface area contributed by atoms with E-state index in [0.29, 0.717) is 22.3 Å². The zero-order valence-corrected chi connectivity index (χ0v) is 16.5. The fourth-order valence-electron chi connectivity index (χ4n) is 3.20. The molecule has 7 nitrogen and oxygen atoms in total. The Morgan fingerprint density at radius 3 is 2.68 bits per heavy atom. The molecule has 0 saturated heterocycles. The molecule has 3 aromatic heterocycles. The predicted octanol–water partition coefficient (Wildman–Crippen LogP) is 4.17. The zero-order chi connectivity index (χ0) is 21.5. The average Bonchev–Trinajstić information content (AvgIpc) is 3.46. The molecule has 1 aromatic carbocycles. The molecule has 1 aliphatic carbocycles. The van der Waals surface area contributed by atoms with Crippen molar-refractivity contribution in [1.29, 1.82) is 0 Å². The molecule has 9 heteroatoms. The number of fused-ring (bicyclic) bond motifs is 1. The van der Waals surface area contributed by atoms with Gasteiger partial charge in [-0.2, -0.15) is 5.10 Å². The van der Waals surface area contributed by atoms with E-state index in [4.69, 9.17) is 4.74 Å².